The molecule has 1 amide bonds. The van der Waals surface area contributed by atoms with Gasteiger partial charge in [-0.25, -0.2) is 4.98 Å². The van der Waals surface area contributed by atoms with Crippen LogP contribution in [0.2, 0.25) is 0 Å². The zero-order valence-electron chi connectivity index (χ0n) is 16.7. The fourth-order valence-corrected chi connectivity index (χ4v) is 3.56. The lowest BCUT2D eigenvalue weighted by Crippen LogP contribution is -2.47. The molecule has 0 bridgehead atoms. The monoisotopic (exact) mass is 430 g/mol. The summed E-state index contributed by atoms with van der Waals surface area (Å²) in [6.07, 6.45) is 1.65. The lowest BCUT2D eigenvalue weighted by atomic mass is 10.1. The summed E-state index contributed by atoms with van der Waals surface area (Å²) in [5.74, 6) is 0.396. The number of H-pyrrole nitrogens is 1. The minimum atomic E-state index is -0.253. The predicted molar refractivity (Wildman–Crippen MR) is 110 cm³/mol. The summed E-state index contributed by atoms with van der Waals surface area (Å²) in [5.41, 5.74) is 2.70. The van der Waals surface area contributed by atoms with E-state index < -0.39 is 0 Å². The fourth-order valence-electron chi connectivity index (χ4n) is 3.18. The van der Waals surface area contributed by atoms with Crippen LogP contribution < -0.4 is 4.74 Å². The van der Waals surface area contributed by atoms with E-state index in [1.165, 1.54) is 11.8 Å². The van der Waals surface area contributed by atoms with E-state index in [2.05, 4.69) is 25.4 Å². The highest BCUT2D eigenvalue weighted by Gasteiger charge is 2.26. The summed E-state index contributed by atoms with van der Waals surface area (Å²) in [4.78, 5) is 23.4. The van der Waals surface area contributed by atoms with Crippen LogP contribution in [0.1, 0.15) is 16.1 Å². The zero-order chi connectivity index (χ0) is 20.9. The highest BCUT2D eigenvalue weighted by atomic mass is 32.2. The number of aromatic amines is 1. The first-order chi connectivity index (χ1) is 14.7. The molecule has 1 saturated heterocycles. The molecule has 11 heteroatoms. The number of hydrogen-bond acceptors (Lipinski definition) is 9. The second-order valence-corrected chi connectivity index (χ2v) is 7.47. The average molecular weight is 430 g/mol. The van der Waals surface area contributed by atoms with Gasteiger partial charge in [-0.15, -0.1) is 0 Å². The lowest BCUT2D eigenvalue weighted by molar-refractivity contribution is -0.0408. The lowest BCUT2D eigenvalue weighted by Gasteiger charge is -2.32. The van der Waals surface area contributed by atoms with Gasteiger partial charge in [-0.05, 0) is 24.5 Å². The molecule has 3 heterocycles. The van der Waals surface area contributed by atoms with Crippen LogP contribution in [0.15, 0.2) is 29.4 Å². The molecule has 1 unspecified atom stereocenters. The van der Waals surface area contributed by atoms with Gasteiger partial charge in [0.25, 0.3) is 5.91 Å². The first-order valence-corrected chi connectivity index (χ1v) is 10.6. The SMILES string of the molecule is COCc1cc(OCC2CN(C(=O)c3ccc4n[nH]nc4c3)CCO2)nc(SC)n1. The molecule has 0 saturated carbocycles. The van der Waals surface area contributed by atoms with E-state index in [1.807, 2.05) is 6.26 Å². The number of fused-ring (bicyclic) bond motifs is 1. The maximum atomic E-state index is 12.9. The second-order valence-electron chi connectivity index (χ2n) is 6.70. The normalized spacial score (nSPS) is 16.7. The fraction of sp³-hybridized carbons (Fsp3) is 0.421. The molecule has 1 N–H and O–H groups in total. The highest BCUT2D eigenvalue weighted by Crippen LogP contribution is 2.18. The van der Waals surface area contributed by atoms with Gasteiger partial charge >= 0.3 is 0 Å². The molecule has 1 aliphatic rings. The number of morpholine rings is 1. The van der Waals surface area contributed by atoms with Crippen molar-refractivity contribution in [2.24, 2.45) is 0 Å². The Hall–Kier alpha value is -2.76. The Morgan fingerprint density at radius 2 is 2.17 bits per heavy atom. The third kappa shape index (κ3) is 4.69. The predicted octanol–water partition coefficient (Wildman–Crippen LogP) is 1.54. The molecular weight excluding hydrogens is 408 g/mol. The van der Waals surface area contributed by atoms with Gasteiger partial charge in [-0.3, -0.25) is 4.79 Å². The van der Waals surface area contributed by atoms with Crippen LogP contribution >= 0.6 is 11.8 Å². The van der Waals surface area contributed by atoms with Gasteiger partial charge in [0.15, 0.2) is 5.16 Å². The molecule has 10 nitrogen and oxygen atoms in total. The highest BCUT2D eigenvalue weighted by molar-refractivity contribution is 7.98. The van der Waals surface area contributed by atoms with E-state index in [4.69, 9.17) is 14.2 Å². The van der Waals surface area contributed by atoms with Crippen molar-refractivity contribution < 1.29 is 19.0 Å². The summed E-state index contributed by atoms with van der Waals surface area (Å²) in [5, 5.41) is 11.2. The van der Waals surface area contributed by atoms with Gasteiger partial charge in [0.2, 0.25) is 5.88 Å². The first-order valence-electron chi connectivity index (χ1n) is 9.41. The summed E-state index contributed by atoms with van der Waals surface area (Å²) in [6, 6.07) is 7.03. The summed E-state index contributed by atoms with van der Waals surface area (Å²) in [6.45, 7) is 2.06. The molecule has 0 aliphatic carbocycles. The Labute approximate surface area is 177 Å². The van der Waals surface area contributed by atoms with Crippen molar-refractivity contribution in [1.29, 1.82) is 0 Å². The Kier molecular flexibility index (Phi) is 6.41. The Balaban J connectivity index is 1.39. The van der Waals surface area contributed by atoms with E-state index in [-0.39, 0.29) is 18.6 Å². The number of nitrogens with zero attached hydrogens (tertiary/aromatic N) is 5. The molecule has 158 valence electrons. The van der Waals surface area contributed by atoms with Crippen molar-refractivity contribution in [2.75, 3.05) is 39.7 Å². The van der Waals surface area contributed by atoms with Crippen molar-refractivity contribution in [3.63, 3.8) is 0 Å². The van der Waals surface area contributed by atoms with Crippen molar-refractivity contribution in [3.8, 4) is 5.88 Å². The number of methoxy groups -OCH3 is 1. The number of aromatic nitrogens is 5. The van der Waals surface area contributed by atoms with E-state index in [9.17, 15) is 4.79 Å². The summed E-state index contributed by atoms with van der Waals surface area (Å²) in [7, 11) is 1.61. The van der Waals surface area contributed by atoms with Crippen LogP contribution in [-0.4, -0.2) is 82.0 Å². The van der Waals surface area contributed by atoms with Gasteiger partial charge in [0.05, 0.1) is 25.5 Å². The molecular formula is C19H22N6O4S. The number of nitrogens with one attached hydrogen (secondary N) is 1. The van der Waals surface area contributed by atoms with Crippen molar-refractivity contribution in [3.05, 3.63) is 35.5 Å². The third-order valence-electron chi connectivity index (χ3n) is 4.62. The van der Waals surface area contributed by atoms with E-state index in [0.29, 0.717) is 48.4 Å². The number of rotatable bonds is 7. The van der Waals surface area contributed by atoms with Crippen molar-refractivity contribution in [1.82, 2.24) is 30.3 Å². The van der Waals surface area contributed by atoms with Crippen LogP contribution in [0.5, 0.6) is 5.88 Å². The molecule has 30 heavy (non-hydrogen) atoms. The molecule has 3 aromatic rings. The number of carbonyl (C=O) groups is 1. The standard InChI is InChI=1S/C19H22N6O4S/c1-27-10-13-8-17(21-19(20-13)30-2)29-11-14-9-25(5-6-28-14)18(26)12-3-4-15-16(7-12)23-24-22-15/h3-4,7-8,14H,5-6,9-11H2,1-2H3,(H,22,23,24). The number of ether oxygens (including phenoxy) is 3. The maximum Gasteiger partial charge on any atom is 0.254 e. The van der Waals surface area contributed by atoms with Gasteiger partial charge in [-0.1, -0.05) is 11.8 Å². The molecule has 0 radical (unpaired) electrons. The molecule has 2 aromatic heterocycles. The Morgan fingerprint density at radius 1 is 1.30 bits per heavy atom. The summed E-state index contributed by atoms with van der Waals surface area (Å²) >= 11 is 1.43. The molecule has 1 aromatic carbocycles. The topological polar surface area (TPSA) is 115 Å². The quantitative estimate of drug-likeness (QED) is 0.440. The first kappa shape index (κ1) is 20.5. The van der Waals surface area contributed by atoms with Crippen LogP contribution in [0.25, 0.3) is 11.0 Å². The minimum Gasteiger partial charge on any atom is -0.475 e. The molecule has 0 spiro atoms. The average Bonchev–Trinajstić information content (AvgIpc) is 3.25. The molecule has 1 atom stereocenters. The number of carbonyl (C=O) groups excluding carboxylic acids is 1. The van der Waals surface area contributed by atoms with E-state index in [1.54, 1.807) is 36.3 Å². The number of hydrogen-bond donors (Lipinski definition) is 1. The van der Waals surface area contributed by atoms with Gasteiger partial charge in [0.1, 0.15) is 23.7 Å². The molecule has 1 aliphatic heterocycles. The van der Waals surface area contributed by atoms with E-state index in [0.717, 1.165) is 11.2 Å². The van der Waals surface area contributed by atoms with Gasteiger partial charge in [0, 0.05) is 25.3 Å². The van der Waals surface area contributed by atoms with Crippen molar-refractivity contribution in [2.45, 2.75) is 17.9 Å². The van der Waals surface area contributed by atoms with Crippen molar-refractivity contribution >= 4 is 28.7 Å². The molecule has 1 fully saturated rings. The van der Waals surface area contributed by atoms with Crippen LogP contribution in [-0.2, 0) is 16.1 Å². The third-order valence-corrected chi connectivity index (χ3v) is 5.16. The minimum absolute atomic E-state index is 0.0673. The van der Waals surface area contributed by atoms with Crippen LogP contribution in [0.4, 0.5) is 0 Å². The smallest absolute Gasteiger partial charge is 0.254 e. The number of amides is 1. The maximum absolute atomic E-state index is 12.9. The van der Waals surface area contributed by atoms with E-state index >= 15 is 0 Å². The van der Waals surface area contributed by atoms with Gasteiger partial charge in [-0.2, -0.15) is 20.4 Å². The number of thioether (sulfide) groups is 1. The largest absolute Gasteiger partial charge is 0.475 e. The number of benzene rings is 1. The Bertz CT molecular complexity index is 1030. The van der Waals surface area contributed by atoms with Crippen LogP contribution in [0.3, 0.4) is 0 Å². The molecule has 4 rings (SSSR count). The van der Waals surface area contributed by atoms with Gasteiger partial charge < -0.3 is 19.1 Å². The second kappa shape index (κ2) is 9.37. The Morgan fingerprint density at radius 3 is 3.00 bits per heavy atom. The van der Waals surface area contributed by atoms with Crippen LogP contribution in [0, 0.1) is 0 Å². The zero-order valence-corrected chi connectivity index (χ0v) is 17.5. The summed E-state index contributed by atoms with van der Waals surface area (Å²) < 4.78 is 16.8.